The van der Waals surface area contributed by atoms with Crippen LogP contribution in [0.25, 0.3) is 0 Å². The highest BCUT2D eigenvalue weighted by molar-refractivity contribution is 6.02. The van der Waals surface area contributed by atoms with Gasteiger partial charge in [-0.2, -0.15) is 0 Å². The minimum Gasteiger partial charge on any atom is -0.286 e. The molecular formula is C16H17NO3. The second-order valence-corrected chi connectivity index (χ2v) is 5.58. The van der Waals surface area contributed by atoms with Crippen LogP contribution in [0.2, 0.25) is 0 Å². The van der Waals surface area contributed by atoms with Gasteiger partial charge in [0.05, 0.1) is 0 Å². The Morgan fingerprint density at radius 1 is 1.10 bits per heavy atom. The van der Waals surface area contributed by atoms with Gasteiger partial charge >= 0.3 is 0 Å². The summed E-state index contributed by atoms with van der Waals surface area (Å²) in [4.78, 5) is 23.5. The molecule has 4 nitrogen and oxygen atoms in total. The van der Waals surface area contributed by atoms with Gasteiger partial charge in [-0.15, -0.1) is 0 Å². The molecule has 1 aromatic rings. The molecule has 2 aliphatic carbocycles. The molecule has 3 atom stereocenters. The lowest BCUT2D eigenvalue weighted by Gasteiger charge is -2.35. The van der Waals surface area contributed by atoms with E-state index in [1.165, 1.54) is 0 Å². The minimum atomic E-state index is -1.07. The van der Waals surface area contributed by atoms with Gasteiger partial charge < -0.3 is 0 Å². The fourth-order valence-electron chi connectivity index (χ4n) is 3.63. The normalized spacial score (nSPS) is 30.6. The lowest BCUT2D eigenvalue weighted by molar-refractivity contribution is -0.516. The lowest BCUT2D eigenvalue weighted by atomic mass is 9.68. The quantitative estimate of drug-likeness (QED) is 0.447. The maximum absolute atomic E-state index is 12.5. The van der Waals surface area contributed by atoms with Crippen molar-refractivity contribution in [1.82, 2.24) is 0 Å². The van der Waals surface area contributed by atoms with Gasteiger partial charge in [0.1, 0.15) is 0 Å². The third-order valence-electron chi connectivity index (χ3n) is 4.52. The van der Waals surface area contributed by atoms with Crippen LogP contribution in [0.15, 0.2) is 36.4 Å². The van der Waals surface area contributed by atoms with Crippen LogP contribution in [-0.4, -0.2) is 16.7 Å². The van der Waals surface area contributed by atoms with Gasteiger partial charge in [0.2, 0.25) is 5.78 Å². The Morgan fingerprint density at radius 2 is 1.80 bits per heavy atom. The Bertz CT molecular complexity index is 579. The zero-order valence-electron chi connectivity index (χ0n) is 11.2. The first-order valence-corrected chi connectivity index (χ1v) is 7.12. The summed E-state index contributed by atoms with van der Waals surface area (Å²) in [6.07, 6.45) is 7.58. The summed E-state index contributed by atoms with van der Waals surface area (Å²) < 4.78 is 0. The molecule has 0 bridgehead atoms. The number of hydrogen-bond donors (Lipinski definition) is 0. The largest absolute Gasteiger partial charge is 0.286 e. The van der Waals surface area contributed by atoms with Crippen LogP contribution in [0.5, 0.6) is 0 Å². The topological polar surface area (TPSA) is 60.2 Å². The van der Waals surface area contributed by atoms with Crippen molar-refractivity contribution in [3.05, 3.63) is 57.7 Å². The second-order valence-electron chi connectivity index (χ2n) is 5.58. The van der Waals surface area contributed by atoms with Crippen molar-refractivity contribution in [1.29, 1.82) is 0 Å². The van der Waals surface area contributed by atoms with Crippen molar-refractivity contribution in [2.45, 2.75) is 37.6 Å². The number of nitro groups is 1. The average Bonchev–Trinajstić information content (AvgIpc) is 2.40. The SMILES string of the molecule is O=C1c2ccccc2[C@H]2CC/C=C\CC[C@@H]2[C@H]1[N+](=O)[O-]. The molecule has 104 valence electrons. The Kier molecular flexibility index (Phi) is 3.38. The van der Waals surface area contributed by atoms with E-state index in [9.17, 15) is 14.9 Å². The van der Waals surface area contributed by atoms with Crippen LogP contribution < -0.4 is 0 Å². The summed E-state index contributed by atoms with van der Waals surface area (Å²) in [6, 6.07) is 6.34. The molecule has 0 fully saturated rings. The predicted molar refractivity (Wildman–Crippen MR) is 75.4 cm³/mol. The first kappa shape index (κ1) is 13.0. The molecule has 3 rings (SSSR count). The van der Waals surface area contributed by atoms with Crippen LogP contribution in [0.3, 0.4) is 0 Å². The van der Waals surface area contributed by atoms with Gasteiger partial charge in [-0.05, 0) is 37.2 Å². The number of carbonyl (C=O) groups is 1. The van der Waals surface area contributed by atoms with Crippen molar-refractivity contribution in [2.24, 2.45) is 5.92 Å². The molecule has 20 heavy (non-hydrogen) atoms. The lowest BCUT2D eigenvalue weighted by Crippen LogP contribution is -2.44. The van der Waals surface area contributed by atoms with E-state index in [2.05, 4.69) is 12.2 Å². The number of ketones is 1. The minimum absolute atomic E-state index is 0.129. The van der Waals surface area contributed by atoms with Crippen LogP contribution >= 0.6 is 0 Å². The zero-order chi connectivity index (χ0) is 14.1. The molecule has 0 aliphatic heterocycles. The maximum atomic E-state index is 12.5. The van der Waals surface area contributed by atoms with Crippen molar-refractivity contribution in [3.8, 4) is 0 Å². The van der Waals surface area contributed by atoms with Crippen LogP contribution in [-0.2, 0) is 0 Å². The average molecular weight is 271 g/mol. The molecule has 0 saturated heterocycles. The summed E-state index contributed by atoms with van der Waals surface area (Å²) in [6.45, 7) is 0. The van der Waals surface area contributed by atoms with E-state index in [1.807, 2.05) is 12.1 Å². The Hall–Kier alpha value is -1.97. The number of fused-ring (bicyclic) bond motifs is 3. The van der Waals surface area contributed by atoms with E-state index in [0.717, 1.165) is 24.8 Å². The predicted octanol–water partition coefficient (Wildman–Crippen LogP) is 3.36. The number of rotatable bonds is 1. The molecular weight excluding hydrogens is 254 g/mol. The Labute approximate surface area is 117 Å². The molecule has 2 aliphatic rings. The smallest absolute Gasteiger partial charge is 0.278 e. The van der Waals surface area contributed by atoms with E-state index in [4.69, 9.17) is 0 Å². The number of hydrogen-bond acceptors (Lipinski definition) is 3. The third kappa shape index (κ3) is 2.05. The number of nitrogens with zero attached hydrogens (tertiary/aromatic N) is 1. The van der Waals surface area contributed by atoms with Crippen LogP contribution in [0.4, 0.5) is 0 Å². The summed E-state index contributed by atoms with van der Waals surface area (Å²) in [5.74, 6) is -0.349. The number of carbonyl (C=O) groups excluding carboxylic acids is 1. The molecule has 4 heteroatoms. The van der Waals surface area contributed by atoms with Gasteiger partial charge in [-0.3, -0.25) is 14.9 Å². The van der Waals surface area contributed by atoms with Gasteiger partial charge in [0.25, 0.3) is 6.04 Å². The van der Waals surface area contributed by atoms with Gasteiger partial charge in [0, 0.05) is 16.4 Å². The maximum Gasteiger partial charge on any atom is 0.278 e. The fraction of sp³-hybridized carbons (Fsp3) is 0.438. The Balaban J connectivity index is 2.11. The van der Waals surface area contributed by atoms with Crippen LogP contribution in [0, 0.1) is 16.0 Å². The van der Waals surface area contributed by atoms with Gasteiger partial charge in [-0.1, -0.05) is 36.4 Å². The monoisotopic (exact) mass is 271 g/mol. The molecule has 0 spiro atoms. The highest BCUT2D eigenvalue weighted by Crippen LogP contribution is 2.43. The highest BCUT2D eigenvalue weighted by Gasteiger charge is 2.48. The fourth-order valence-corrected chi connectivity index (χ4v) is 3.63. The second kappa shape index (κ2) is 5.19. The molecule has 0 N–H and O–H groups in total. The van der Waals surface area contributed by atoms with Crippen LogP contribution in [0.1, 0.15) is 47.5 Å². The van der Waals surface area contributed by atoms with Crippen molar-refractivity contribution in [3.63, 3.8) is 0 Å². The molecule has 0 radical (unpaired) electrons. The molecule has 0 saturated carbocycles. The van der Waals surface area contributed by atoms with E-state index < -0.39 is 6.04 Å². The van der Waals surface area contributed by atoms with Crippen molar-refractivity contribution >= 4 is 5.78 Å². The summed E-state index contributed by atoms with van der Waals surface area (Å²) in [5, 5.41) is 11.4. The highest BCUT2D eigenvalue weighted by atomic mass is 16.6. The molecule has 0 amide bonds. The van der Waals surface area contributed by atoms with E-state index in [-0.39, 0.29) is 22.5 Å². The van der Waals surface area contributed by atoms with Crippen molar-refractivity contribution < 1.29 is 9.72 Å². The third-order valence-corrected chi connectivity index (χ3v) is 4.52. The standard InChI is InChI=1S/C16H17NO3/c18-16-14-10-6-5-8-12(14)11-7-3-1-2-4-9-13(11)15(16)17(19)20/h1-2,5-6,8,10-11,13,15H,3-4,7,9H2/b2-1-/t11-,13+,15-/m1/s1. The first-order chi connectivity index (χ1) is 9.70. The number of Topliss-reactive ketones (excluding diaryl/α,β-unsaturated/α-hetero) is 1. The van der Waals surface area contributed by atoms with E-state index in [1.54, 1.807) is 12.1 Å². The number of allylic oxidation sites excluding steroid dienone is 2. The number of benzene rings is 1. The summed E-state index contributed by atoms with van der Waals surface area (Å²) in [5.41, 5.74) is 1.57. The summed E-state index contributed by atoms with van der Waals surface area (Å²) >= 11 is 0. The molecule has 0 unspecified atom stereocenters. The Morgan fingerprint density at radius 3 is 2.55 bits per heavy atom. The van der Waals surface area contributed by atoms with Crippen molar-refractivity contribution in [2.75, 3.05) is 0 Å². The first-order valence-electron chi connectivity index (χ1n) is 7.12. The van der Waals surface area contributed by atoms with Gasteiger partial charge in [0.15, 0.2) is 0 Å². The zero-order valence-corrected chi connectivity index (χ0v) is 11.2. The van der Waals surface area contributed by atoms with E-state index in [0.29, 0.717) is 12.0 Å². The molecule has 0 heterocycles. The molecule has 0 aromatic heterocycles. The summed E-state index contributed by atoms with van der Waals surface area (Å²) in [7, 11) is 0. The van der Waals surface area contributed by atoms with E-state index >= 15 is 0 Å². The van der Waals surface area contributed by atoms with Gasteiger partial charge in [-0.25, -0.2) is 0 Å². The molecule has 1 aromatic carbocycles.